The van der Waals surface area contributed by atoms with Crippen molar-refractivity contribution in [2.24, 2.45) is 17.4 Å². The van der Waals surface area contributed by atoms with Crippen LogP contribution in [0.15, 0.2) is 47.1 Å². The van der Waals surface area contributed by atoms with Gasteiger partial charge in [-0.25, -0.2) is 4.79 Å². The maximum atomic E-state index is 13.2. The van der Waals surface area contributed by atoms with Gasteiger partial charge < -0.3 is 50.8 Å². The van der Waals surface area contributed by atoms with Crippen LogP contribution >= 0.6 is 0 Å². The lowest BCUT2D eigenvalue weighted by Crippen LogP contribution is -2.39. The van der Waals surface area contributed by atoms with Crippen LogP contribution in [0.4, 0.5) is 16.2 Å². The second-order valence-corrected chi connectivity index (χ2v) is 12.2. The molecule has 3 rings (SSSR count). The van der Waals surface area contributed by atoms with Crippen LogP contribution in [0, 0.1) is 5.92 Å². The number of allylic oxidation sites excluding steroid dienone is 2. The third-order valence-electron chi connectivity index (χ3n) is 8.46. The first-order chi connectivity index (χ1) is 22.8. The number of anilines is 2. The highest BCUT2D eigenvalue weighted by Gasteiger charge is 2.33. The van der Waals surface area contributed by atoms with Crippen LogP contribution in [0.1, 0.15) is 58.9 Å². The normalized spacial score (nSPS) is 24.1. The van der Waals surface area contributed by atoms with Crippen LogP contribution in [-0.2, 0) is 28.5 Å². The molecule has 2 bridgehead atoms. The molecule has 0 aliphatic carbocycles. The first kappa shape index (κ1) is 38.1. The van der Waals surface area contributed by atoms with Gasteiger partial charge in [-0.15, -0.1) is 0 Å². The Hall–Kier alpha value is -4.33. The number of ether oxygens (including phenoxy) is 4. The predicted octanol–water partition coefficient (Wildman–Crippen LogP) is 4.28. The van der Waals surface area contributed by atoms with E-state index >= 15 is 0 Å². The SMILES string of the molecule is CO[C@H]1C=CC=C(C)C(=O)Nc2cc(O)c(N3CCC3)c(c2O)C=C(C)C[C@H](OC)[C@H](OC(=O)CCCN)[C@@H](C)C=C(C)[C@@H]1OC(N)=O. The molecule has 0 spiro atoms. The van der Waals surface area contributed by atoms with E-state index in [1.807, 2.05) is 24.8 Å². The summed E-state index contributed by atoms with van der Waals surface area (Å²) in [6.45, 7) is 8.75. The number of hydrogen-bond donors (Lipinski definition) is 5. The van der Waals surface area contributed by atoms with Gasteiger partial charge in [0.2, 0.25) is 0 Å². The fraction of sp³-hybridized carbons (Fsp3) is 0.514. The molecule has 48 heavy (non-hydrogen) atoms. The number of aromatic hydroxyl groups is 2. The molecule has 2 aliphatic heterocycles. The molecular weight excluding hydrogens is 620 g/mol. The number of nitrogens with two attached hydrogens (primary N) is 2. The van der Waals surface area contributed by atoms with E-state index in [1.165, 1.54) is 26.4 Å². The highest BCUT2D eigenvalue weighted by molar-refractivity contribution is 6.05. The zero-order valence-corrected chi connectivity index (χ0v) is 28.7. The summed E-state index contributed by atoms with van der Waals surface area (Å²) >= 11 is 0. The second-order valence-electron chi connectivity index (χ2n) is 12.2. The van der Waals surface area contributed by atoms with Gasteiger partial charge in [0.05, 0.1) is 17.5 Å². The maximum absolute atomic E-state index is 13.2. The van der Waals surface area contributed by atoms with E-state index in [0.29, 0.717) is 42.9 Å². The van der Waals surface area contributed by atoms with E-state index in [9.17, 15) is 24.6 Å². The molecule has 264 valence electrons. The number of amides is 2. The Morgan fingerprint density at radius 2 is 1.81 bits per heavy atom. The van der Waals surface area contributed by atoms with E-state index in [0.717, 1.165) is 12.0 Å². The number of carbonyl (C=O) groups excluding carboxylic acids is 3. The minimum Gasteiger partial charge on any atom is -0.506 e. The Balaban J connectivity index is 2.23. The van der Waals surface area contributed by atoms with Gasteiger partial charge in [-0.3, -0.25) is 9.59 Å². The van der Waals surface area contributed by atoms with E-state index < -0.39 is 48.3 Å². The van der Waals surface area contributed by atoms with Gasteiger partial charge in [0.25, 0.3) is 5.91 Å². The number of nitrogens with zero attached hydrogens (tertiary/aromatic N) is 1. The third kappa shape index (κ3) is 9.85. The molecule has 0 saturated carbocycles. The first-order valence-corrected chi connectivity index (χ1v) is 16.1. The molecule has 1 fully saturated rings. The van der Waals surface area contributed by atoms with Gasteiger partial charge in [0.1, 0.15) is 23.7 Å². The Labute approximate surface area is 282 Å². The molecule has 13 heteroatoms. The molecule has 2 aliphatic rings. The molecule has 2 heterocycles. The molecule has 1 aromatic rings. The van der Waals surface area contributed by atoms with Gasteiger partial charge >= 0.3 is 12.1 Å². The maximum Gasteiger partial charge on any atom is 0.405 e. The van der Waals surface area contributed by atoms with Gasteiger partial charge in [-0.05, 0) is 58.2 Å². The number of phenolic OH excluding ortho intramolecular Hbond substituents is 2. The van der Waals surface area contributed by atoms with Crippen molar-refractivity contribution in [3.05, 3.63) is 52.7 Å². The van der Waals surface area contributed by atoms with Crippen molar-refractivity contribution >= 4 is 35.4 Å². The molecular formula is C35H50N4O9. The average Bonchev–Trinajstić information content (AvgIpc) is 3.01. The summed E-state index contributed by atoms with van der Waals surface area (Å²) in [5, 5.41) is 25.3. The van der Waals surface area contributed by atoms with E-state index in [2.05, 4.69) is 5.32 Å². The first-order valence-electron chi connectivity index (χ1n) is 16.1. The van der Waals surface area contributed by atoms with Crippen LogP contribution < -0.4 is 21.7 Å². The van der Waals surface area contributed by atoms with Crippen molar-refractivity contribution in [3.8, 4) is 11.5 Å². The number of benzene rings is 1. The highest BCUT2D eigenvalue weighted by atomic mass is 16.6. The van der Waals surface area contributed by atoms with Crippen LogP contribution in [0.3, 0.4) is 0 Å². The summed E-state index contributed by atoms with van der Waals surface area (Å²) in [5.74, 6) is -1.71. The molecule has 0 unspecified atom stereocenters. The van der Waals surface area contributed by atoms with Crippen molar-refractivity contribution in [3.63, 3.8) is 0 Å². The van der Waals surface area contributed by atoms with Crippen LogP contribution in [0.5, 0.6) is 11.5 Å². The van der Waals surface area contributed by atoms with Gasteiger partial charge in [-0.1, -0.05) is 36.8 Å². The highest BCUT2D eigenvalue weighted by Crippen LogP contribution is 2.45. The lowest BCUT2D eigenvalue weighted by molar-refractivity contribution is -0.159. The summed E-state index contributed by atoms with van der Waals surface area (Å²) in [7, 11) is 2.96. The van der Waals surface area contributed by atoms with Crippen molar-refractivity contribution in [1.29, 1.82) is 0 Å². The Kier molecular flexibility index (Phi) is 14.1. The minimum absolute atomic E-state index is 0.0311. The van der Waals surface area contributed by atoms with Crippen LogP contribution in [0.2, 0.25) is 0 Å². The fourth-order valence-electron chi connectivity index (χ4n) is 5.77. The molecule has 0 aromatic heterocycles. The quantitative estimate of drug-likeness (QED) is 0.115. The molecule has 0 radical (unpaired) electrons. The summed E-state index contributed by atoms with van der Waals surface area (Å²) in [6, 6.07) is 1.33. The largest absolute Gasteiger partial charge is 0.506 e. The van der Waals surface area contributed by atoms with Crippen molar-refractivity contribution in [2.45, 2.75) is 77.8 Å². The van der Waals surface area contributed by atoms with Crippen LogP contribution in [-0.4, -0.2) is 86.5 Å². The number of phenols is 2. The smallest absolute Gasteiger partial charge is 0.405 e. The Morgan fingerprint density at radius 3 is 2.40 bits per heavy atom. The number of rotatable bonds is 8. The van der Waals surface area contributed by atoms with Crippen LogP contribution in [0.25, 0.3) is 6.08 Å². The van der Waals surface area contributed by atoms with Gasteiger partial charge in [0, 0.05) is 56.9 Å². The monoisotopic (exact) mass is 670 g/mol. The van der Waals surface area contributed by atoms with Gasteiger partial charge in [-0.2, -0.15) is 0 Å². The molecule has 5 atom stereocenters. The van der Waals surface area contributed by atoms with Crippen molar-refractivity contribution in [2.75, 3.05) is 44.1 Å². The topological polar surface area (TPSA) is 196 Å². The third-order valence-corrected chi connectivity index (χ3v) is 8.46. The van der Waals surface area contributed by atoms with E-state index in [4.69, 9.17) is 30.4 Å². The summed E-state index contributed by atoms with van der Waals surface area (Å²) < 4.78 is 23.0. The number of methoxy groups -OCH3 is 2. The van der Waals surface area contributed by atoms with Crippen molar-refractivity contribution in [1.82, 2.24) is 0 Å². The number of hydrogen-bond acceptors (Lipinski definition) is 11. The lowest BCUT2D eigenvalue weighted by Gasteiger charge is -2.35. The summed E-state index contributed by atoms with van der Waals surface area (Å²) in [4.78, 5) is 40.0. The Morgan fingerprint density at radius 1 is 1.10 bits per heavy atom. The predicted molar refractivity (Wildman–Crippen MR) is 184 cm³/mol. The number of carbonyl (C=O) groups is 3. The minimum atomic E-state index is -1.01. The second kappa shape index (κ2) is 17.7. The lowest BCUT2D eigenvalue weighted by atomic mass is 9.91. The van der Waals surface area contributed by atoms with E-state index in [1.54, 1.807) is 32.1 Å². The molecule has 7 N–H and O–H groups in total. The number of esters is 1. The molecule has 13 nitrogen and oxygen atoms in total. The molecule has 1 saturated heterocycles. The summed E-state index contributed by atoms with van der Waals surface area (Å²) in [5.41, 5.74) is 13.5. The standard InChI is InChI=1S/C35H50N4O9/c1-20-16-24-30(39-14-9-15-39)26(40)19-25(31(24)42)38-34(43)21(2)10-7-11-27(45-5)32(48-35(37)44)22(3)18-23(4)33(28(17-20)46-6)47-29(41)12-8-13-36/h7,10-11,16,18-19,23,27-28,32-33,40,42H,8-9,12-15,17,36H2,1-6H3,(H2,37,44)(H,38,43)/t23-,27-,28-,32-,33+/m0/s1. The zero-order chi connectivity index (χ0) is 35.5. The van der Waals surface area contributed by atoms with Crippen molar-refractivity contribution < 1.29 is 43.5 Å². The molecule has 1 aromatic carbocycles. The molecule has 2 amide bonds. The number of primary amides is 1. The fourth-order valence-corrected chi connectivity index (χ4v) is 5.77. The summed E-state index contributed by atoms with van der Waals surface area (Å²) in [6.07, 6.45) is 5.84. The van der Waals surface area contributed by atoms with Gasteiger partial charge in [0.15, 0.2) is 6.10 Å². The average molecular weight is 671 g/mol. The Bertz CT molecular complexity index is 1450. The zero-order valence-electron chi connectivity index (χ0n) is 28.7. The number of fused-ring (bicyclic) bond motifs is 2. The number of nitrogens with one attached hydrogen (secondary N) is 1. The van der Waals surface area contributed by atoms with E-state index in [-0.39, 0.29) is 35.6 Å².